The lowest BCUT2D eigenvalue weighted by molar-refractivity contribution is 0.668. The molecule has 12 aromatic rings. The molecular weight excluding hydrogens is 735 g/mol. The van der Waals surface area contributed by atoms with Gasteiger partial charge in [0, 0.05) is 56.3 Å². The van der Waals surface area contributed by atoms with Gasteiger partial charge in [-0.25, -0.2) is 15.0 Å². The molecule has 0 spiro atoms. The monoisotopic (exact) mass is 767 g/mol. The average Bonchev–Trinajstić information content (AvgIpc) is 3.87. The van der Waals surface area contributed by atoms with Crippen LogP contribution in [0.25, 0.3) is 117 Å². The molecular formula is C54H33N5O. The molecule has 0 amide bonds. The molecule has 4 aromatic heterocycles. The van der Waals surface area contributed by atoms with Gasteiger partial charge in [0.25, 0.3) is 0 Å². The van der Waals surface area contributed by atoms with Gasteiger partial charge in [-0.15, -0.1) is 0 Å². The van der Waals surface area contributed by atoms with Crippen molar-refractivity contribution in [1.29, 1.82) is 0 Å². The molecule has 0 saturated heterocycles. The van der Waals surface area contributed by atoms with E-state index < -0.39 is 0 Å². The Kier molecular flexibility index (Phi) is 7.74. The van der Waals surface area contributed by atoms with Crippen LogP contribution in [0.3, 0.4) is 0 Å². The highest BCUT2D eigenvalue weighted by Gasteiger charge is 2.18. The molecule has 0 bridgehead atoms. The number of hydrogen-bond acceptors (Lipinski definition) is 5. The third-order valence-corrected chi connectivity index (χ3v) is 11.5. The number of para-hydroxylation sites is 1. The minimum Gasteiger partial charge on any atom is -0.456 e. The van der Waals surface area contributed by atoms with Crippen LogP contribution in [0.5, 0.6) is 0 Å². The second kappa shape index (κ2) is 13.7. The van der Waals surface area contributed by atoms with Gasteiger partial charge in [-0.1, -0.05) is 127 Å². The Balaban J connectivity index is 0.959. The van der Waals surface area contributed by atoms with Crippen molar-refractivity contribution in [2.45, 2.75) is 0 Å². The van der Waals surface area contributed by atoms with E-state index in [4.69, 9.17) is 19.4 Å². The van der Waals surface area contributed by atoms with Gasteiger partial charge in [0.05, 0.1) is 11.0 Å². The molecule has 12 rings (SSSR count). The van der Waals surface area contributed by atoms with Gasteiger partial charge < -0.3 is 8.98 Å². The number of rotatable bonds is 6. The van der Waals surface area contributed by atoms with Crippen LogP contribution < -0.4 is 0 Å². The Morgan fingerprint density at radius 2 is 1.02 bits per heavy atom. The summed E-state index contributed by atoms with van der Waals surface area (Å²) in [5.41, 5.74) is 12.3. The summed E-state index contributed by atoms with van der Waals surface area (Å²) in [4.78, 5) is 19.7. The second-order valence-electron chi connectivity index (χ2n) is 15.1. The van der Waals surface area contributed by atoms with E-state index in [-0.39, 0.29) is 0 Å². The maximum absolute atomic E-state index is 6.12. The number of fused-ring (bicyclic) bond motifs is 7. The van der Waals surface area contributed by atoms with Crippen LogP contribution in [0.1, 0.15) is 0 Å². The fraction of sp³-hybridized carbons (Fsp3) is 0. The lowest BCUT2D eigenvalue weighted by Gasteiger charge is -2.12. The Labute approximate surface area is 344 Å². The van der Waals surface area contributed by atoms with Gasteiger partial charge in [-0.2, -0.15) is 0 Å². The van der Waals surface area contributed by atoms with Crippen molar-refractivity contribution in [3.63, 3.8) is 0 Å². The zero-order valence-corrected chi connectivity index (χ0v) is 32.2. The predicted molar refractivity (Wildman–Crippen MR) is 244 cm³/mol. The molecule has 8 aromatic carbocycles. The summed E-state index contributed by atoms with van der Waals surface area (Å²) >= 11 is 0. The Bertz CT molecular complexity index is 3610. The second-order valence-corrected chi connectivity index (χ2v) is 15.1. The number of aromatic nitrogens is 5. The van der Waals surface area contributed by atoms with Crippen molar-refractivity contribution in [3.05, 3.63) is 200 Å². The van der Waals surface area contributed by atoms with Crippen LogP contribution in [-0.2, 0) is 0 Å². The molecule has 0 radical (unpaired) electrons. The van der Waals surface area contributed by atoms with Crippen LogP contribution in [0.4, 0.5) is 0 Å². The number of nitrogens with zero attached hydrogens (tertiary/aromatic N) is 5. The lowest BCUT2D eigenvalue weighted by atomic mass is 9.99. The molecule has 4 heterocycles. The Hall–Kier alpha value is -8.22. The standard InChI is InChI=1S/C54H33N5O/c1-2-11-36(12-3-1)43-17-9-19-48-51(43)44-16-6-7-18-47(44)59(48)42-25-22-35(23-26-42)38-14-8-15-39(30-38)52-56-53(40-21-20-34-10-4-5-13-37(34)31-40)58-54(57-52)41-24-27-49-45(32-41)46-33-55-29-28-50(46)60-49/h1-33H. The van der Waals surface area contributed by atoms with Gasteiger partial charge in [0.2, 0.25) is 0 Å². The number of benzene rings is 8. The van der Waals surface area contributed by atoms with Gasteiger partial charge in [-0.05, 0) is 93.7 Å². The molecule has 0 fully saturated rings. The molecule has 0 aliphatic carbocycles. The highest BCUT2D eigenvalue weighted by molar-refractivity contribution is 6.15. The van der Waals surface area contributed by atoms with E-state index in [1.54, 1.807) is 6.20 Å². The predicted octanol–water partition coefficient (Wildman–Crippen LogP) is 13.8. The number of pyridine rings is 1. The zero-order valence-electron chi connectivity index (χ0n) is 32.2. The highest BCUT2D eigenvalue weighted by atomic mass is 16.3. The number of hydrogen-bond donors (Lipinski definition) is 0. The Morgan fingerprint density at radius 1 is 0.383 bits per heavy atom. The summed E-state index contributed by atoms with van der Waals surface area (Å²) in [7, 11) is 0. The van der Waals surface area contributed by atoms with Gasteiger partial charge in [0.15, 0.2) is 17.5 Å². The van der Waals surface area contributed by atoms with Gasteiger partial charge in [-0.3, -0.25) is 4.98 Å². The zero-order chi connectivity index (χ0) is 39.6. The van der Waals surface area contributed by atoms with Crippen LogP contribution in [0.15, 0.2) is 205 Å². The summed E-state index contributed by atoms with van der Waals surface area (Å²) in [6.45, 7) is 0. The minimum atomic E-state index is 0.583. The van der Waals surface area contributed by atoms with Crippen LogP contribution >= 0.6 is 0 Å². The molecule has 0 atom stereocenters. The molecule has 6 nitrogen and oxygen atoms in total. The third-order valence-electron chi connectivity index (χ3n) is 11.5. The van der Waals surface area contributed by atoms with E-state index in [9.17, 15) is 0 Å². The maximum Gasteiger partial charge on any atom is 0.164 e. The quantitative estimate of drug-likeness (QED) is 0.168. The molecule has 6 heteroatoms. The lowest BCUT2D eigenvalue weighted by Crippen LogP contribution is -2.00. The van der Waals surface area contributed by atoms with E-state index in [1.165, 1.54) is 32.9 Å². The molecule has 0 saturated carbocycles. The van der Waals surface area contributed by atoms with Gasteiger partial charge in [0.1, 0.15) is 11.2 Å². The maximum atomic E-state index is 6.12. The fourth-order valence-electron chi connectivity index (χ4n) is 8.65. The smallest absolute Gasteiger partial charge is 0.164 e. The summed E-state index contributed by atoms with van der Waals surface area (Å²) < 4.78 is 8.49. The van der Waals surface area contributed by atoms with E-state index in [0.29, 0.717) is 17.5 Å². The molecule has 0 aliphatic rings. The first-order valence-electron chi connectivity index (χ1n) is 20.0. The first-order chi connectivity index (χ1) is 29.7. The molecule has 0 aliphatic heterocycles. The van der Waals surface area contributed by atoms with Crippen molar-refractivity contribution in [2.75, 3.05) is 0 Å². The van der Waals surface area contributed by atoms with Crippen molar-refractivity contribution >= 4 is 54.5 Å². The molecule has 0 N–H and O–H groups in total. The van der Waals surface area contributed by atoms with Gasteiger partial charge >= 0.3 is 0 Å². The summed E-state index contributed by atoms with van der Waals surface area (Å²) in [5, 5.41) is 6.69. The van der Waals surface area contributed by atoms with E-state index >= 15 is 0 Å². The molecule has 0 unspecified atom stereocenters. The van der Waals surface area contributed by atoms with Crippen LogP contribution in [0.2, 0.25) is 0 Å². The Morgan fingerprint density at radius 3 is 1.87 bits per heavy atom. The SMILES string of the molecule is c1ccc(-c2cccc3c2c2ccccc2n3-c2ccc(-c3cccc(-c4nc(-c5ccc6ccccc6c5)nc(-c5ccc6oc7ccncc7c6c5)n4)c3)cc2)cc1. The topological polar surface area (TPSA) is 69.6 Å². The summed E-state index contributed by atoms with van der Waals surface area (Å²) in [5.74, 6) is 1.79. The average molecular weight is 768 g/mol. The molecule has 60 heavy (non-hydrogen) atoms. The largest absolute Gasteiger partial charge is 0.456 e. The highest BCUT2D eigenvalue weighted by Crippen LogP contribution is 2.39. The first kappa shape index (κ1) is 33.9. The molecule has 280 valence electrons. The summed E-state index contributed by atoms with van der Waals surface area (Å²) in [6.07, 6.45) is 3.59. The van der Waals surface area contributed by atoms with Crippen molar-refractivity contribution in [2.24, 2.45) is 0 Å². The number of furan rings is 1. The van der Waals surface area contributed by atoms with Crippen molar-refractivity contribution in [1.82, 2.24) is 24.5 Å². The van der Waals surface area contributed by atoms with Crippen molar-refractivity contribution < 1.29 is 4.42 Å². The fourth-order valence-corrected chi connectivity index (χ4v) is 8.65. The minimum absolute atomic E-state index is 0.583. The van der Waals surface area contributed by atoms with Crippen LogP contribution in [0, 0.1) is 0 Å². The van der Waals surface area contributed by atoms with E-state index in [2.05, 4.69) is 179 Å². The summed E-state index contributed by atoms with van der Waals surface area (Å²) in [6, 6.07) is 65.9. The normalized spacial score (nSPS) is 11.7. The van der Waals surface area contributed by atoms with E-state index in [0.717, 1.165) is 66.2 Å². The van der Waals surface area contributed by atoms with Crippen LogP contribution in [-0.4, -0.2) is 24.5 Å². The first-order valence-corrected chi connectivity index (χ1v) is 20.0. The van der Waals surface area contributed by atoms with Crippen molar-refractivity contribution in [3.8, 4) is 62.1 Å². The van der Waals surface area contributed by atoms with E-state index in [1.807, 2.05) is 24.4 Å². The third kappa shape index (κ3) is 5.65.